The second kappa shape index (κ2) is 3.80. The summed E-state index contributed by atoms with van der Waals surface area (Å²) in [6.07, 6.45) is 0.542. The van der Waals surface area contributed by atoms with Crippen LogP contribution < -0.4 is 0 Å². The zero-order valence-electron chi connectivity index (χ0n) is 6.37. The summed E-state index contributed by atoms with van der Waals surface area (Å²) in [5, 5.41) is 18.4. The van der Waals surface area contributed by atoms with Gasteiger partial charge >= 0.3 is 0 Å². The lowest BCUT2D eigenvalue weighted by atomic mass is 10.3. The van der Waals surface area contributed by atoms with Crippen LogP contribution >= 0.6 is 11.3 Å². The Morgan fingerprint density at radius 3 is 2.73 bits per heavy atom. The zero-order valence-corrected chi connectivity index (χ0v) is 7.19. The van der Waals surface area contributed by atoms with Gasteiger partial charge in [-0.2, -0.15) is 0 Å². The van der Waals surface area contributed by atoms with Crippen molar-refractivity contribution in [2.45, 2.75) is 20.0 Å². The molecule has 0 aliphatic heterocycles. The fourth-order valence-electron chi connectivity index (χ4n) is 0.937. The van der Waals surface area contributed by atoms with Crippen LogP contribution in [0.15, 0.2) is 0 Å². The molecular formula is C7H11NO2S. The summed E-state index contributed by atoms with van der Waals surface area (Å²) in [5.41, 5.74) is 0.831. The second-order valence-corrected chi connectivity index (χ2v) is 3.52. The molecule has 1 rings (SSSR count). The predicted molar refractivity (Wildman–Crippen MR) is 43.6 cm³/mol. The minimum Gasteiger partial charge on any atom is -0.396 e. The Hall–Kier alpha value is -0.450. The molecule has 0 aromatic carbocycles. The highest BCUT2D eigenvalue weighted by molar-refractivity contribution is 7.11. The van der Waals surface area contributed by atoms with E-state index in [4.69, 9.17) is 10.2 Å². The Morgan fingerprint density at radius 2 is 2.18 bits per heavy atom. The largest absolute Gasteiger partial charge is 0.396 e. The van der Waals surface area contributed by atoms with Crippen LogP contribution in [0.3, 0.4) is 0 Å². The van der Waals surface area contributed by atoms with Crippen LogP contribution in [-0.4, -0.2) is 21.8 Å². The summed E-state index contributed by atoms with van der Waals surface area (Å²) in [6, 6.07) is 0. The molecule has 0 fully saturated rings. The number of aryl methyl sites for hydroxylation is 1. The molecule has 11 heavy (non-hydrogen) atoms. The van der Waals surface area contributed by atoms with E-state index in [1.54, 1.807) is 0 Å². The topological polar surface area (TPSA) is 53.4 Å². The van der Waals surface area contributed by atoms with Crippen molar-refractivity contribution in [3.63, 3.8) is 0 Å². The van der Waals surface area contributed by atoms with Crippen molar-refractivity contribution in [2.24, 2.45) is 0 Å². The number of hydrogen-bond donors (Lipinski definition) is 2. The Bertz CT molecular complexity index is 234. The Kier molecular flexibility index (Phi) is 2.99. The molecule has 0 atom stereocenters. The molecule has 4 heteroatoms. The van der Waals surface area contributed by atoms with Crippen molar-refractivity contribution >= 4 is 11.3 Å². The fourth-order valence-corrected chi connectivity index (χ4v) is 1.78. The van der Waals surface area contributed by atoms with Gasteiger partial charge in [-0.05, 0) is 6.92 Å². The third-order valence-electron chi connectivity index (χ3n) is 1.38. The number of aliphatic hydroxyl groups excluding tert-OH is 2. The van der Waals surface area contributed by atoms with Crippen LogP contribution in [0.5, 0.6) is 0 Å². The molecule has 1 aromatic rings. The van der Waals surface area contributed by atoms with Crippen LogP contribution in [0, 0.1) is 6.92 Å². The Balaban J connectivity index is 2.83. The summed E-state index contributed by atoms with van der Waals surface area (Å²) in [5.74, 6) is 0. The van der Waals surface area contributed by atoms with Gasteiger partial charge in [0.2, 0.25) is 0 Å². The van der Waals surface area contributed by atoms with Gasteiger partial charge in [-0.3, -0.25) is 0 Å². The standard InChI is InChI=1S/C7H11NO2S/c1-5-8-6(2-3-9)7(4-10)11-5/h9-10H,2-4H2,1H3. The highest BCUT2D eigenvalue weighted by atomic mass is 32.1. The molecule has 0 unspecified atom stereocenters. The summed E-state index contributed by atoms with van der Waals surface area (Å²) < 4.78 is 0. The Labute approximate surface area is 69.3 Å². The van der Waals surface area contributed by atoms with Crippen molar-refractivity contribution in [3.8, 4) is 0 Å². The monoisotopic (exact) mass is 173 g/mol. The molecule has 62 valence electrons. The predicted octanol–water partition coefficient (Wildman–Crippen LogP) is 0.479. The van der Waals surface area contributed by atoms with Crippen molar-refractivity contribution in [1.29, 1.82) is 0 Å². The summed E-state index contributed by atoms with van der Waals surface area (Å²) >= 11 is 1.48. The molecule has 2 N–H and O–H groups in total. The van der Waals surface area contributed by atoms with E-state index >= 15 is 0 Å². The van der Waals surface area contributed by atoms with E-state index in [-0.39, 0.29) is 13.2 Å². The van der Waals surface area contributed by atoms with Crippen molar-refractivity contribution in [3.05, 3.63) is 15.6 Å². The molecule has 0 saturated heterocycles. The number of thiazole rings is 1. The molecule has 0 spiro atoms. The number of aliphatic hydroxyl groups is 2. The van der Waals surface area contributed by atoms with Gasteiger partial charge in [0.25, 0.3) is 0 Å². The van der Waals surface area contributed by atoms with Gasteiger partial charge in [0, 0.05) is 13.0 Å². The van der Waals surface area contributed by atoms with Crippen molar-refractivity contribution < 1.29 is 10.2 Å². The van der Waals surface area contributed by atoms with Crippen LogP contribution in [0.1, 0.15) is 15.6 Å². The average Bonchev–Trinajstić information content (AvgIpc) is 2.32. The SMILES string of the molecule is Cc1nc(CCO)c(CO)s1. The first-order valence-electron chi connectivity index (χ1n) is 3.45. The van der Waals surface area contributed by atoms with Crippen LogP contribution in [-0.2, 0) is 13.0 Å². The summed E-state index contributed by atoms with van der Waals surface area (Å²) in [6.45, 7) is 2.02. The molecule has 0 aliphatic rings. The number of rotatable bonds is 3. The maximum absolute atomic E-state index is 8.85. The molecular weight excluding hydrogens is 162 g/mol. The lowest BCUT2D eigenvalue weighted by Crippen LogP contribution is -1.94. The molecule has 0 bridgehead atoms. The maximum atomic E-state index is 8.85. The summed E-state index contributed by atoms with van der Waals surface area (Å²) in [7, 11) is 0. The summed E-state index contributed by atoms with van der Waals surface area (Å²) in [4.78, 5) is 5.04. The highest BCUT2D eigenvalue weighted by Gasteiger charge is 2.06. The molecule has 0 radical (unpaired) electrons. The molecule has 1 heterocycles. The Morgan fingerprint density at radius 1 is 1.45 bits per heavy atom. The van der Waals surface area contributed by atoms with Gasteiger partial charge in [-0.1, -0.05) is 0 Å². The third-order valence-corrected chi connectivity index (χ3v) is 2.38. The third kappa shape index (κ3) is 1.99. The lowest BCUT2D eigenvalue weighted by Gasteiger charge is -1.93. The first-order chi connectivity index (χ1) is 5.27. The van der Waals surface area contributed by atoms with E-state index in [2.05, 4.69) is 4.98 Å². The van der Waals surface area contributed by atoms with Crippen molar-refractivity contribution in [1.82, 2.24) is 4.98 Å². The average molecular weight is 173 g/mol. The second-order valence-electron chi connectivity index (χ2n) is 2.23. The zero-order chi connectivity index (χ0) is 8.27. The molecule has 0 aliphatic carbocycles. The van der Waals surface area contributed by atoms with Crippen molar-refractivity contribution in [2.75, 3.05) is 6.61 Å². The number of nitrogens with zero attached hydrogens (tertiary/aromatic N) is 1. The van der Waals surface area contributed by atoms with E-state index in [0.717, 1.165) is 15.6 Å². The molecule has 0 amide bonds. The van der Waals surface area contributed by atoms with Crippen LogP contribution in [0.4, 0.5) is 0 Å². The molecule has 3 nitrogen and oxygen atoms in total. The van der Waals surface area contributed by atoms with Gasteiger partial charge in [0.1, 0.15) is 0 Å². The van der Waals surface area contributed by atoms with E-state index in [1.165, 1.54) is 11.3 Å². The first kappa shape index (κ1) is 8.64. The van der Waals surface area contributed by atoms with Gasteiger partial charge in [0.15, 0.2) is 0 Å². The van der Waals surface area contributed by atoms with E-state index in [1.807, 2.05) is 6.92 Å². The molecule has 0 saturated carbocycles. The smallest absolute Gasteiger partial charge is 0.0901 e. The minimum atomic E-state index is 0.0286. The number of aromatic nitrogens is 1. The van der Waals surface area contributed by atoms with Gasteiger partial charge < -0.3 is 10.2 Å². The quantitative estimate of drug-likeness (QED) is 0.699. The minimum absolute atomic E-state index is 0.0286. The van der Waals surface area contributed by atoms with Crippen LogP contribution in [0.2, 0.25) is 0 Å². The highest BCUT2D eigenvalue weighted by Crippen LogP contribution is 2.17. The van der Waals surface area contributed by atoms with Crippen LogP contribution in [0.25, 0.3) is 0 Å². The maximum Gasteiger partial charge on any atom is 0.0901 e. The lowest BCUT2D eigenvalue weighted by molar-refractivity contribution is 0.278. The molecule has 1 aromatic heterocycles. The fraction of sp³-hybridized carbons (Fsp3) is 0.571. The van der Waals surface area contributed by atoms with Gasteiger partial charge in [-0.15, -0.1) is 11.3 Å². The number of hydrogen-bond acceptors (Lipinski definition) is 4. The van der Waals surface area contributed by atoms with E-state index < -0.39 is 0 Å². The normalized spacial score (nSPS) is 10.5. The van der Waals surface area contributed by atoms with Gasteiger partial charge in [-0.25, -0.2) is 4.98 Å². The van der Waals surface area contributed by atoms with E-state index in [0.29, 0.717) is 6.42 Å². The van der Waals surface area contributed by atoms with Gasteiger partial charge in [0.05, 0.1) is 22.2 Å². The first-order valence-corrected chi connectivity index (χ1v) is 4.26. The van der Waals surface area contributed by atoms with E-state index in [9.17, 15) is 0 Å².